The van der Waals surface area contributed by atoms with Crippen LogP contribution in [0.2, 0.25) is 0 Å². The standard InChI is InChI=1S/C14H19NO2/c1-10-8-16-13-6-4-3-5-12(13)14(10)9-15-7-11(2)17-14/h3-6,10-11,15H,7-9H2,1-2H3. The first-order valence-corrected chi connectivity index (χ1v) is 6.33. The molecule has 1 saturated heterocycles. The van der Waals surface area contributed by atoms with E-state index in [1.165, 1.54) is 5.56 Å². The molecule has 17 heavy (non-hydrogen) atoms. The number of morpholine rings is 1. The largest absolute Gasteiger partial charge is 0.493 e. The summed E-state index contributed by atoms with van der Waals surface area (Å²) in [7, 11) is 0. The molecule has 3 heteroatoms. The highest BCUT2D eigenvalue weighted by molar-refractivity contribution is 5.41. The SMILES string of the molecule is CC1CNCC2(O1)c1ccccc1OCC2C. The minimum atomic E-state index is -0.216. The molecule has 1 aromatic carbocycles. The van der Waals surface area contributed by atoms with Crippen LogP contribution in [-0.2, 0) is 10.3 Å². The molecule has 3 rings (SSSR count). The summed E-state index contributed by atoms with van der Waals surface area (Å²) in [4.78, 5) is 0. The van der Waals surface area contributed by atoms with E-state index in [9.17, 15) is 0 Å². The van der Waals surface area contributed by atoms with Crippen LogP contribution in [0.3, 0.4) is 0 Å². The Labute approximate surface area is 102 Å². The van der Waals surface area contributed by atoms with Gasteiger partial charge in [-0.15, -0.1) is 0 Å². The number of nitrogens with one attached hydrogen (secondary N) is 1. The van der Waals surface area contributed by atoms with Crippen molar-refractivity contribution in [2.45, 2.75) is 25.6 Å². The Hall–Kier alpha value is -1.06. The van der Waals surface area contributed by atoms with Gasteiger partial charge in [0.25, 0.3) is 0 Å². The molecular weight excluding hydrogens is 214 g/mol. The third-order valence-electron chi connectivity index (χ3n) is 3.86. The lowest BCUT2D eigenvalue weighted by molar-refractivity contribution is -0.159. The van der Waals surface area contributed by atoms with E-state index in [4.69, 9.17) is 9.47 Å². The second-order valence-corrected chi connectivity index (χ2v) is 5.16. The van der Waals surface area contributed by atoms with Crippen molar-refractivity contribution in [3.8, 4) is 5.75 Å². The summed E-state index contributed by atoms with van der Waals surface area (Å²) < 4.78 is 12.1. The number of rotatable bonds is 0. The zero-order valence-electron chi connectivity index (χ0n) is 10.4. The van der Waals surface area contributed by atoms with Gasteiger partial charge in [0.1, 0.15) is 11.4 Å². The maximum atomic E-state index is 6.31. The van der Waals surface area contributed by atoms with Crippen LogP contribution in [0.5, 0.6) is 5.75 Å². The normalized spacial score (nSPS) is 36.4. The Balaban J connectivity index is 2.07. The quantitative estimate of drug-likeness (QED) is 0.742. The van der Waals surface area contributed by atoms with Crippen LogP contribution in [-0.4, -0.2) is 25.8 Å². The smallest absolute Gasteiger partial charge is 0.125 e. The van der Waals surface area contributed by atoms with Gasteiger partial charge in [0.15, 0.2) is 0 Å². The number of fused-ring (bicyclic) bond motifs is 2. The first kappa shape index (κ1) is 11.1. The van der Waals surface area contributed by atoms with Gasteiger partial charge in [0.2, 0.25) is 0 Å². The topological polar surface area (TPSA) is 30.5 Å². The molecule has 3 atom stereocenters. The van der Waals surface area contributed by atoms with Crippen LogP contribution < -0.4 is 10.1 Å². The van der Waals surface area contributed by atoms with E-state index < -0.39 is 0 Å². The molecule has 0 aromatic heterocycles. The summed E-state index contributed by atoms with van der Waals surface area (Å²) in [6, 6.07) is 8.24. The Morgan fingerprint density at radius 2 is 2.12 bits per heavy atom. The van der Waals surface area contributed by atoms with E-state index in [1.807, 2.05) is 12.1 Å². The van der Waals surface area contributed by atoms with Gasteiger partial charge in [-0.3, -0.25) is 0 Å². The molecule has 92 valence electrons. The summed E-state index contributed by atoms with van der Waals surface area (Å²) in [6.45, 7) is 6.86. The first-order valence-electron chi connectivity index (χ1n) is 6.33. The van der Waals surface area contributed by atoms with Crippen LogP contribution in [0.1, 0.15) is 19.4 Å². The van der Waals surface area contributed by atoms with Gasteiger partial charge < -0.3 is 14.8 Å². The Bertz CT molecular complexity index is 420. The van der Waals surface area contributed by atoms with E-state index in [1.54, 1.807) is 0 Å². The number of hydrogen-bond donors (Lipinski definition) is 1. The first-order chi connectivity index (χ1) is 8.22. The third-order valence-corrected chi connectivity index (χ3v) is 3.86. The predicted molar refractivity (Wildman–Crippen MR) is 66.2 cm³/mol. The molecule has 2 aliphatic rings. The van der Waals surface area contributed by atoms with E-state index in [0.29, 0.717) is 5.92 Å². The van der Waals surface area contributed by atoms with Crippen molar-refractivity contribution in [2.75, 3.05) is 19.7 Å². The van der Waals surface area contributed by atoms with Gasteiger partial charge in [-0.2, -0.15) is 0 Å². The number of ether oxygens (including phenoxy) is 2. The van der Waals surface area contributed by atoms with Crippen LogP contribution in [0, 0.1) is 5.92 Å². The minimum Gasteiger partial charge on any atom is -0.493 e. The predicted octanol–water partition coefficient (Wildman–Crippen LogP) is 1.92. The Kier molecular flexibility index (Phi) is 2.60. The van der Waals surface area contributed by atoms with Crippen molar-refractivity contribution in [1.82, 2.24) is 5.32 Å². The second kappa shape index (κ2) is 4.00. The van der Waals surface area contributed by atoms with E-state index in [0.717, 1.165) is 25.4 Å². The molecule has 0 radical (unpaired) electrons. The zero-order chi connectivity index (χ0) is 11.9. The van der Waals surface area contributed by atoms with Crippen molar-refractivity contribution in [2.24, 2.45) is 5.92 Å². The monoisotopic (exact) mass is 233 g/mol. The molecule has 3 unspecified atom stereocenters. The van der Waals surface area contributed by atoms with Gasteiger partial charge >= 0.3 is 0 Å². The molecule has 2 aliphatic heterocycles. The third kappa shape index (κ3) is 1.65. The van der Waals surface area contributed by atoms with Crippen molar-refractivity contribution in [3.63, 3.8) is 0 Å². The molecule has 1 spiro atoms. The summed E-state index contributed by atoms with van der Waals surface area (Å²) in [6.07, 6.45) is 0.248. The molecule has 0 amide bonds. The lowest BCUT2D eigenvalue weighted by Crippen LogP contribution is -2.56. The number of para-hydroxylation sites is 1. The van der Waals surface area contributed by atoms with Crippen molar-refractivity contribution in [1.29, 1.82) is 0 Å². The molecular formula is C14H19NO2. The highest BCUT2D eigenvalue weighted by atomic mass is 16.5. The van der Waals surface area contributed by atoms with Crippen LogP contribution >= 0.6 is 0 Å². The van der Waals surface area contributed by atoms with E-state index in [2.05, 4.69) is 31.3 Å². The van der Waals surface area contributed by atoms with Gasteiger partial charge in [-0.05, 0) is 13.0 Å². The highest BCUT2D eigenvalue weighted by Gasteiger charge is 2.46. The maximum absolute atomic E-state index is 6.31. The molecule has 1 N–H and O–H groups in total. The summed E-state index contributed by atoms with van der Waals surface area (Å²) in [5.41, 5.74) is 0.977. The summed E-state index contributed by atoms with van der Waals surface area (Å²) in [5.74, 6) is 1.34. The minimum absolute atomic E-state index is 0.216. The summed E-state index contributed by atoms with van der Waals surface area (Å²) >= 11 is 0. The molecule has 1 aromatic rings. The van der Waals surface area contributed by atoms with Gasteiger partial charge in [-0.1, -0.05) is 25.1 Å². The lowest BCUT2D eigenvalue weighted by Gasteiger charge is -2.47. The molecule has 1 fully saturated rings. The number of benzene rings is 1. The average molecular weight is 233 g/mol. The second-order valence-electron chi connectivity index (χ2n) is 5.16. The molecule has 0 bridgehead atoms. The van der Waals surface area contributed by atoms with E-state index >= 15 is 0 Å². The van der Waals surface area contributed by atoms with Crippen molar-refractivity contribution in [3.05, 3.63) is 29.8 Å². The fraction of sp³-hybridized carbons (Fsp3) is 0.571. The van der Waals surface area contributed by atoms with Gasteiger partial charge in [0, 0.05) is 24.6 Å². The average Bonchev–Trinajstić information content (AvgIpc) is 2.35. The van der Waals surface area contributed by atoms with Gasteiger partial charge in [0.05, 0.1) is 12.7 Å². The molecule has 2 heterocycles. The Morgan fingerprint density at radius 1 is 1.29 bits per heavy atom. The van der Waals surface area contributed by atoms with E-state index in [-0.39, 0.29) is 11.7 Å². The van der Waals surface area contributed by atoms with Gasteiger partial charge in [-0.25, -0.2) is 0 Å². The van der Waals surface area contributed by atoms with Crippen molar-refractivity contribution >= 4 is 0 Å². The molecule has 0 aliphatic carbocycles. The Morgan fingerprint density at radius 3 is 2.94 bits per heavy atom. The van der Waals surface area contributed by atoms with Crippen LogP contribution in [0.15, 0.2) is 24.3 Å². The molecule has 0 saturated carbocycles. The van der Waals surface area contributed by atoms with Crippen molar-refractivity contribution < 1.29 is 9.47 Å². The fourth-order valence-electron chi connectivity index (χ4n) is 2.91. The fourth-order valence-corrected chi connectivity index (χ4v) is 2.91. The highest BCUT2D eigenvalue weighted by Crippen LogP contribution is 2.44. The zero-order valence-corrected chi connectivity index (χ0v) is 10.4. The maximum Gasteiger partial charge on any atom is 0.125 e. The van der Waals surface area contributed by atoms with Crippen LogP contribution in [0.4, 0.5) is 0 Å². The number of hydrogen-bond acceptors (Lipinski definition) is 3. The van der Waals surface area contributed by atoms with Crippen LogP contribution in [0.25, 0.3) is 0 Å². The molecule has 3 nitrogen and oxygen atoms in total. The summed E-state index contributed by atoms with van der Waals surface area (Å²) in [5, 5.41) is 3.49. The lowest BCUT2D eigenvalue weighted by atomic mass is 9.79.